The molecule has 7 aromatic carbocycles. The van der Waals surface area contributed by atoms with E-state index in [1.807, 2.05) is 11.8 Å². The molecule has 0 unspecified atom stereocenters. The number of hydrogen-bond acceptors (Lipinski definition) is 6. The molecule has 0 radical (unpaired) electrons. The molecular weight excluding hydrogens is 676 g/mol. The van der Waals surface area contributed by atoms with Crippen molar-refractivity contribution in [2.75, 3.05) is 14.7 Å². The number of benzene rings is 7. The third-order valence-corrected chi connectivity index (χ3v) is 12.5. The fraction of sp³-hybridized carbons (Fsp3) is 0. The standard InChI is InChI=1S/C46H29B2N5S/c1-4-15-30(16-5-1)51-37-23-12-10-21-33(37)48-36-27-35-40(28-42(36)54-41-26-14-25-39(51)43(41)48)53(32-19-8-3-9-20-32)46-44-45(49-29-50-46)52(31-17-6-2-7-18-31)38-24-13-11-22-34(38)47(35)44/h1-29H. The van der Waals surface area contributed by atoms with Gasteiger partial charge in [0.2, 0.25) is 6.71 Å². The summed E-state index contributed by atoms with van der Waals surface area (Å²) in [7, 11) is 0. The third-order valence-electron chi connectivity index (χ3n) is 11.4. The Morgan fingerprint density at radius 1 is 0.370 bits per heavy atom. The van der Waals surface area contributed by atoms with Crippen molar-refractivity contribution in [3.05, 3.63) is 176 Å². The molecule has 12 rings (SSSR count). The topological polar surface area (TPSA) is 35.5 Å². The van der Waals surface area contributed by atoms with Gasteiger partial charge in [-0.05, 0) is 88.6 Å². The predicted octanol–water partition coefficient (Wildman–Crippen LogP) is 7.32. The predicted molar refractivity (Wildman–Crippen MR) is 226 cm³/mol. The van der Waals surface area contributed by atoms with E-state index in [9.17, 15) is 0 Å². The molecule has 0 bridgehead atoms. The Labute approximate surface area is 318 Å². The van der Waals surface area contributed by atoms with Crippen molar-refractivity contribution in [2.45, 2.75) is 9.79 Å². The Kier molecular flexibility index (Phi) is 6.39. The summed E-state index contributed by atoms with van der Waals surface area (Å²) >= 11 is 1.89. The number of para-hydroxylation sites is 5. The summed E-state index contributed by atoms with van der Waals surface area (Å²) in [5.74, 6) is 1.84. The molecule has 5 nitrogen and oxygen atoms in total. The lowest BCUT2D eigenvalue weighted by Gasteiger charge is -2.44. The van der Waals surface area contributed by atoms with Crippen LogP contribution in [0.25, 0.3) is 0 Å². The highest BCUT2D eigenvalue weighted by molar-refractivity contribution is 8.00. The number of fused-ring (bicyclic) bond motifs is 8. The Morgan fingerprint density at radius 2 is 0.870 bits per heavy atom. The van der Waals surface area contributed by atoms with Crippen LogP contribution >= 0.6 is 11.8 Å². The zero-order valence-electron chi connectivity index (χ0n) is 29.0. The third kappa shape index (κ3) is 4.14. The number of rotatable bonds is 3. The molecule has 0 fully saturated rings. The number of aromatic nitrogens is 2. The van der Waals surface area contributed by atoms with E-state index in [2.05, 4.69) is 185 Å². The maximum atomic E-state index is 5.11. The molecular formula is C46H29B2N5S. The van der Waals surface area contributed by atoms with Crippen molar-refractivity contribution in [1.29, 1.82) is 0 Å². The molecule has 0 saturated carbocycles. The van der Waals surface area contributed by atoms with E-state index in [0.29, 0.717) is 0 Å². The lowest BCUT2D eigenvalue weighted by molar-refractivity contribution is 1.09. The molecule has 54 heavy (non-hydrogen) atoms. The first-order chi connectivity index (χ1) is 26.8. The second-order valence-electron chi connectivity index (χ2n) is 14.2. The van der Waals surface area contributed by atoms with E-state index in [1.54, 1.807) is 6.33 Å². The second kappa shape index (κ2) is 11.5. The molecule has 0 atom stereocenters. The molecule has 0 spiro atoms. The Bertz CT molecular complexity index is 2800. The van der Waals surface area contributed by atoms with Gasteiger partial charge >= 0.3 is 0 Å². The monoisotopic (exact) mass is 705 g/mol. The Balaban J connectivity index is 1.14. The van der Waals surface area contributed by atoms with E-state index in [-0.39, 0.29) is 13.4 Å². The zero-order chi connectivity index (χ0) is 35.3. The maximum absolute atomic E-state index is 5.11. The molecule has 0 N–H and O–H groups in total. The average molecular weight is 705 g/mol. The molecule has 5 heterocycles. The normalized spacial score (nSPS) is 14.0. The van der Waals surface area contributed by atoms with Crippen LogP contribution in [0.1, 0.15) is 0 Å². The first-order valence-corrected chi connectivity index (χ1v) is 19.2. The summed E-state index contributed by atoms with van der Waals surface area (Å²) in [6.07, 6.45) is 1.73. The minimum atomic E-state index is -0.0612. The van der Waals surface area contributed by atoms with E-state index in [0.717, 1.165) is 39.8 Å². The smallest absolute Gasteiger partial charge is 0.256 e. The van der Waals surface area contributed by atoms with Crippen molar-refractivity contribution in [1.82, 2.24) is 9.97 Å². The SMILES string of the molecule is c1ccc(N2c3ccccc3B3c4cc5c(cc4Sc4cccc2c43)N(c2ccccc2)c2ncnc3c2B5c2ccccc2N3c2ccccc2)cc1. The molecule has 4 aliphatic heterocycles. The van der Waals surface area contributed by atoms with Crippen LogP contribution in [0.5, 0.6) is 0 Å². The van der Waals surface area contributed by atoms with Crippen molar-refractivity contribution in [3.8, 4) is 0 Å². The van der Waals surface area contributed by atoms with Crippen molar-refractivity contribution in [3.63, 3.8) is 0 Å². The fourth-order valence-corrected chi connectivity index (χ4v) is 10.5. The molecule has 0 amide bonds. The van der Waals surface area contributed by atoms with Gasteiger partial charge in [0.25, 0.3) is 6.71 Å². The highest BCUT2D eigenvalue weighted by Gasteiger charge is 2.47. The summed E-state index contributed by atoms with van der Waals surface area (Å²) < 4.78 is 0. The fourth-order valence-electron chi connectivity index (χ4n) is 9.28. The number of anilines is 9. The van der Waals surface area contributed by atoms with Gasteiger partial charge < -0.3 is 4.90 Å². The summed E-state index contributed by atoms with van der Waals surface area (Å²) in [6, 6.07) is 61.7. The number of hydrogen-bond donors (Lipinski definition) is 0. The summed E-state index contributed by atoms with van der Waals surface area (Å²) in [5, 5.41) is 0. The van der Waals surface area contributed by atoms with Crippen LogP contribution in [0.15, 0.2) is 186 Å². The van der Waals surface area contributed by atoms with Gasteiger partial charge in [-0.1, -0.05) is 120 Å². The number of nitrogens with zero attached hydrogens (tertiary/aromatic N) is 5. The van der Waals surface area contributed by atoms with Crippen LogP contribution in [-0.4, -0.2) is 23.4 Å². The van der Waals surface area contributed by atoms with Crippen LogP contribution in [0, 0.1) is 0 Å². The zero-order valence-corrected chi connectivity index (χ0v) is 29.9. The molecule has 8 aromatic rings. The Morgan fingerprint density at radius 3 is 1.50 bits per heavy atom. The lowest BCUT2D eigenvalue weighted by atomic mass is 9.31. The molecule has 4 aliphatic rings. The van der Waals surface area contributed by atoms with Gasteiger partial charge in [-0.25, -0.2) is 9.97 Å². The van der Waals surface area contributed by atoms with E-state index in [1.165, 1.54) is 54.2 Å². The maximum Gasteiger partial charge on any atom is 0.256 e. The van der Waals surface area contributed by atoms with Gasteiger partial charge in [0.1, 0.15) is 18.0 Å². The van der Waals surface area contributed by atoms with Crippen molar-refractivity contribution < 1.29 is 0 Å². The lowest BCUT2D eigenvalue weighted by Crippen LogP contribution is -2.64. The minimum absolute atomic E-state index is 0.0612. The van der Waals surface area contributed by atoms with Crippen molar-refractivity contribution >= 4 is 109 Å². The van der Waals surface area contributed by atoms with Crippen molar-refractivity contribution in [2.24, 2.45) is 0 Å². The first-order valence-electron chi connectivity index (χ1n) is 18.4. The van der Waals surface area contributed by atoms with Gasteiger partial charge in [0.15, 0.2) is 0 Å². The second-order valence-corrected chi connectivity index (χ2v) is 15.3. The first kappa shape index (κ1) is 30.0. The average Bonchev–Trinajstić information content (AvgIpc) is 3.24. The minimum Gasteiger partial charge on any atom is -0.311 e. The largest absolute Gasteiger partial charge is 0.311 e. The molecule has 0 saturated heterocycles. The van der Waals surface area contributed by atoms with Crippen LogP contribution < -0.4 is 47.5 Å². The van der Waals surface area contributed by atoms with Crippen LogP contribution in [0.3, 0.4) is 0 Å². The van der Waals surface area contributed by atoms with E-state index in [4.69, 9.17) is 9.97 Å². The highest BCUT2D eigenvalue weighted by Crippen LogP contribution is 2.45. The molecule has 250 valence electrons. The summed E-state index contributed by atoms with van der Waals surface area (Å²) in [4.78, 5) is 19.9. The van der Waals surface area contributed by atoms with E-state index >= 15 is 0 Å². The summed E-state index contributed by atoms with van der Waals surface area (Å²) in [5.41, 5.74) is 15.8. The van der Waals surface area contributed by atoms with Gasteiger partial charge in [0.05, 0.1) is 0 Å². The van der Waals surface area contributed by atoms with Crippen LogP contribution in [-0.2, 0) is 0 Å². The van der Waals surface area contributed by atoms with Crippen LogP contribution in [0.2, 0.25) is 0 Å². The molecule has 1 aromatic heterocycles. The van der Waals surface area contributed by atoms with E-state index < -0.39 is 0 Å². The van der Waals surface area contributed by atoms with Gasteiger partial charge in [-0.15, -0.1) is 0 Å². The quantitative estimate of drug-likeness (QED) is 0.180. The van der Waals surface area contributed by atoms with Gasteiger partial charge in [0, 0.05) is 55.1 Å². The van der Waals surface area contributed by atoms with Gasteiger partial charge in [-0.3, -0.25) is 9.80 Å². The highest BCUT2D eigenvalue weighted by atomic mass is 32.2. The Hall–Kier alpha value is -6.50. The van der Waals surface area contributed by atoms with Crippen LogP contribution in [0.4, 0.5) is 51.4 Å². The summed E-state index contributed by atoms with van der Waals surface area (Å²) in [6.45, 7) is 0.0144. The van der Waals surface area contributed by atoms with Gasteiger partial charge in [-0.2, -0.15) is 0 Å². The molecule has 8 heteroatoms. The molecule has 0 aliphatic carbocycles.